The van der Waals surface area contributed by atoms with E-state index in [2.05, 4.69) is 9.72 Å². The number of ether oxygens (including phenoxy) is 1. The van der Waals surface area contributed by atoms with Crippen LogP contribution in [0.5, 0.6) is 0 Å². The van der Waals surface area contributed by atoms with Crippen LogP contribution < -0.4 is 0 Å². The van der Waals surface area contributed by atoms with Crippen LogP contribution >= 0.6 is 11.3 Å². The van der Waals surface area contributed by atoms with Crippen LogP contribution in [0.2, 0.25) is 0 Å². The zero-order valence-corrected chi connectivity index (χ0v) is 11.7. The first-order valence-corrected chi connectivity index (χ1v) is 6.48. The summed E-state index contributed by atoms with van der Waals surface area (Å²) >= 11 is 0.854. The van der Waals surface area contributed by atoms with Crippen molar-refractivity contribution in [2.45, 2.75) is 13.1 Å². The van der Waals surface area contributed by atoms with Gasteiger partial charge in [0, 0.05) is 5.56 Å². The number of nitrogens with zero attached hydrogens (tertiary/aromatic N) is 1. The van der Waals surface area contributed by atoms with Crippen molar-refractivity contribution in [2.24, 2.45) is 0 Å². The van der Waals surface area contributed by atoms with Gasteiger partial charge in [-0.2, -0.15) is 13.2 Å². The van der Waals surface area contributed by atoms with Crippen LogP contribution in [0.3, 0.4) is 0 Å². The second-order valence-electron chi connectivity index (χ2n) is 4.15. The molecule has 8 heteroatoms. The normalized spacial score (nSPS) is 11.5. The Labute approximate surface area is 121 Å². The van der Waals surface area contributed by atoms with Crippen molar-refractivity contribution >= 4 is 17.3 Å². The molecule has 0 aliphatic heterocycles. The third-order valence-electron chi connectivity index (χ3n) is 2.64. The molecule has 0 radical (unpaired) electrons. The summed E-state index contributed by atoms with van der Waals surface area (Å²) in [6.07, 6.45) is -4.66. The molecule has 0 aliphatic carbocycles. The molecule has 0 spiro atoms. The molecule has 112 valence electrons. The highest BCUT2D eigenvalue weighted by molar-refractivity contribution is 7.17. The molecule has 1 aromatic heterocycles. The number of aryl methyl sites for hydroxylation is 1. The van der Waals surface area contributed by atoms with E-state index in [-0.39, 0.29) is 15.4 Å². The molecule has 0 aliphatic rings. The van der Waals surface area contributed by atoms with Gasteiger partial charge < -0.3 is 4.74 Å². The molecule has 0 atom stereocenters. The lowest BCUT2D eigenvalue weighted by Crippen LogP contribution is -2.05. The highest BCUT2D eigenvalue weighted by Gasteiger charge is 2.32. The fourth-order valence-electron chi connectivity index (χ4n) is 1.68. The summed E-state index contributed by atoms with van der Waals surface area (Å²) in [7, 11) is 1.19. The highest BCUT2D eigenvalue weighted by atomic mass is 32.1. The van der Waals surface area contributed by atoms with Crippen LogP contribution in [0, 0.1) is 12.7 Å². The van der Waals surface area contributed by atoms with Crippen molar-refractivity contribution in [3.63, 3.8) is 0 Å². The number of benzene rings is 1. The average molecular weight is 319 g/mol. The van der Waals surface area contributed by atoms with E-state index >= 15 is 0 Å². The first-order chi connectivity index (χ1) is 9.72. The molecule has 2 aromatic rings. The standard InChI is InChI=1S/C13H9F4NO2S/c1-6-10(12(19)20-2)21-11(18-6)7-3-8(13(15,16)17)5-9(14)4-7/h3-5H,1-2H3. The van der Waals surface area contributed by atoms with Gasteiger partial charge in [-0.05, 0) is 25.1 Å². The summed E-state index contributed by atoms with van der Waals surface area (Å²) in [5.74, 6) is -1.66. The number of alkyl halides is 3. The smallest absolute Gasteiger partial charge is 0.416 e. The molecule has 3 nitrogen and oxygen atoms in total. The van der Waals surface area contributed by atoms with Gasteiger partial charge in [0.1, 0.15) is 15.7 Å². The fourth-order valence-corrected chi connectivity index (χ4v) is 2.65. The first kappa shape index (κ1) is 15.4. The predicted octanol–water partition coefficient (Wildman–Crippen LogP) is 4.06. The van der Waals surface area contributed by atoms with Gasteiger partial charge in [0.25, 0.3) is 0 Å². The molecule has 0 unspecified atom stereocenters. The molecule has 21 heavy (non-hydrogen) atoms. The third kappa shape index (κ3) is 3.21. The Morgan fingerprint density at radius 1 is 1.29 bits per heavy atom. The van der Waals surface area contributed by atoms with Gasteiger partial charge in [-0.15, -0.1) is 11.3 Å². The Hall–Kier alpha value is -1.96. The molecule has 1 heterocycles. The average Bonchev–Trinajstić information content (AvgIpc) is 2.78. The Morgan fingerprint density at radius 3 is 2.52 bits per heavy atom. The molecular formula is C13H9F4NO2S. The van der Waals surface area contributed by atoms with Crippen molar-refractivity contribution in [3.8, 4) is 10.6 Å². The van der Waals surface area contributed by atoms with Crippen molar-refractivity contribution in [1.82, 2.24) is 4.98 Å². The number of carbonyl (C=O) groups excluding carboxylic acids is 1. The van der Waals surface area contributed by atoms with Crippen molar-refractivity contribution in [3.05, 3.63) is 40.2 Å². The van der Waals surface area contributed by atoms with E-state index in [4.69, 9.17) is 0 Å². The number of halogens is 4. The topological polar surface area (TPSA) is 39.2 Å². The molecular weight excluding hydrogens is 310 g/mol. The number of thiazole rings is 1. The monoisotopic (exact) mass is 319 g/mol. The maximum atomic E-state index is 13.4. The maximum Gasteiger partial charge on any atom is 0.416 e. The minimum atomic E-state index is -4.66. The van der Waals surface area contributed by atoms with Crippen molar-refractivity contribution < 1.29 is 27.1 Å². The zero-order valence-electron chi connectivity index (χ0n) is 10.9. The van der Waals surface area contributed by atoms with Crippen LogP contribution in [0.1, 0.15) is 20.9 Å². The molecule has 0 amide bonds. The number of carbonyl (C=O) groups is 1. The number of rotatable bonds is 2. The number of methoxy groups -OCH3 is 1. The Balaban J connectivity index is 2.52. The largest absolute Gasteiger partial charge is 0.465 e. The summed E-state index contributed by atoms with van der Waals surface area (Å²) in [6.45, 7) is 1.52. The summed E-state index contributed by atoms with van der Waals surface area (Å²) in [5.41, 5.74) is -0.824. The van der Waals surface area contributed by atoms with E-state index in [1.165, 1.54) is 14.0 Å². The molecule has 0 fully saturated rings. The zero-order chi connectivity index (χ0) is 15.8. The Bertz CT molecular complexity index is 694. The second-order valence-corrected chi connectivity index (χ2v) is 5.15. The number of aromatic nitrogens is 1. The van der Waals surface area contributed by atoms with E-state index in [9.17, 15) is 22.4 Å². The number of hydrogen-bond acceptors (Lipinski definition) is 4. The van der Waals surface area contributed by atoms with Gasteiger partial charge in [-0.25, -0.2) is 14.2 Å². The molecule has 0 saturated carbocycles. The van der Waals surface area contributed by atoms with Crippen LogP contribution in [-0.2, 0) is 10.9 Å². The quantitative estimate of drug-likeness (QED) is 0.619. The SMILES string of the molecule is COC(=O)c1sc(-c2cc(F)cc(C(F)(F)F)c2)nc1C. The first-order valence-electron chi connectivity index (χ1n) is 5.66. The molecule has 0 saturated heterocycles. The van der Waals surface area contributed by atoms with Gasteiger partial charge in [-0.3, -0.25) is 0 Å². The van der Waals surface area contributed by atoms with Crippen molar-refractivity contribution in [1.29, 1.82) is 0 Å². The summed E-state index contributed by atoms with van der Waals surface area (Å²) in [4.78, 5) is 15.6. The fraction of sp³-hybridized carbons (Fsp3) is 0.231. The molecule has 1 aromatic carbocycles. The van der Waals surface area contributed by atoms with Gasteiger partial charge in [0.15, 0.2) is 0 Å². The lowest BCUT2D eigenvalue weighted by Gasteiger charge is -2.08. The van der Waals surface area contributed by atoms with E-state index in [1.807, 2.05) is 0 Å². The molecule has 0 bridgehead atoms. The van der Waals surface area contributed by atoms with E-state index in [0.29, 0.717) is 11.8 Å². The van der Waals surface area contributed by atoms with Crippen LogP contribution in [-0.4, -0.2) is 18.1 Å². The Kier molecular flexibility index (Phi) is 3.99. The van der Waals surface area contributed by atoms with Crippen molar-refractivity contribution in [2.75, 3.05) is 7.11 Å². The van der Waals surface area contributed by atoms with Gasteiger partial charge >= 0.3 is 12.1 Å². The third-order valence-corrected chi connectivity index (χ3v) is 3.83. The van der Waals surface area contributed by atoms with Crippen LogP contribution in [0.15, 0.2) is 18.2 Å². The van der Waals surface area contributed by atoms with Gasteiger partial charge in [0.05, 0.1) is 18.4 Å². The maximum absolute atomic E-state index is 13.4. The second kappa shape index (κ2) is 5.44. The minimum absolute atomic E-state index is 0.0365. The van der Waals surface area contributed by atoms with Gasteiger partial charge in [-0.1, -0.05) is 0 Å². The molecule has 0 N–H and O–H groups in total. The lowest BCUT2D eigenvalue weighted by molar-refractivity contribution is -0.137. The van der Waals surface area contributed by atoms with E-state index < -0.39 is 23.5 Å². The summed E-state index contributed by atoms with van der Waals surface area (Å²) in [5, 5.41) is 0.123. The lowest BCUT2D eigenvalue weighted by atomic mass is 10.1. The number of hydrogen-bond donors (Lipinski definition) is 0. The predicted molar refractivity (Wildman–Crippen MR) is 68.6 cm³/mol. The highest BCUT2D eigenvalue weighted by Crippen LogP contribution is 2.35. The number of esters is 1. The van der Waals surface area contributed by atoms with E-state index in [0.717, 1.165) is 23.5 Å². The van der Waals surface area contributed by atoms with Gasteiger partial charge in [0.2, 0.25) is 0 Å². The van der Waals surface area contributed by atoms with E-state index in [1.54, 1.807) is 0 Å². The van der Waals surface area contributed by atoms with Crippen LogP contribution in [0.25, 0.3) is 10.6 Å². The Morgan fingerprint density at radius 2 is 1.95 bits per heavy atom. The summed E-state index contributed by atoms with van der Waals surface area (Å²) in [6, 6.07) is 2.14. The summed E-state index contributed by atoms with van der Waals surface area (Å²) < 4.78 is 55.9. The molecule has 2 rings (SSSR count). The minimum Gasteiger partial charge on any atom is -0.465 e. The van der Waals surface area contributed by atoms with Crippen LogP contribution in [0.4, 0.5) is 17.6 Å².